The monoisotopic (exact) mass is 633 g/mol. The molecule has 5 N–H and O–H groups in total. The molecule has 0 aliphatic heterocycles. The second kappa shape index (κ2) is 17.0. The van der Waals surface area contributed by atoms with Crippen LogP contribution in [0.15, 0.2) is 65.1 Å². The van der Waals surface area contributed by atoms with E-state index in [1.807, 2.05) is 24.3 Å². The lowest BCUT2D eigenvalue weighted by Gasteiger charge is -2.23. The van der Waals surface area contributed by atoms with Gasteiger partial charge in [-0.15, -0.1) is 23.2 Å². The number of carbonyl (C=O) groups excluding carboxylic acids is 2. The molecule has 2 aromatic carbocycles. The number of carbonyl (C=O) groups is 2. The van der Waals surface area contributed by atoms with Crippen molar-refractivity contribution in [3.8, 4) is 11.3 Å². The van der Waals surface area contributed by atoms with Crippen molar-refractivity contribution in [1.82, 2.24) is 10.6 Å². The maximum absolute atomic E-state index is 12.5. The minimum absolute atomic E-state index is 0. The van der Waals surface area contributed by atoms with Gasteiger partial charge < -0.3 is 32.4 Å². The van der Waals surface area contributed by atoms with Crippen LogP contribution in [0.2, 0.25) is 0 Å². The Bertz CT molecular complexity index is 1300. The maximum Gasteiger partial charge on any atom is 0.287 e. The van der Waals surface area contributed by atoms with Crippen LogP contribution >= 0.6 is 23.2 Å². The summed E-state index contributed by atoms with van der Waals surface area (Å²) >= 11 is 11.8. The zero-order chi connectivity index (χ0) is 29.0. The third-order valence-corrected chi connectivity index (χ3v) is 7.20. The molecule has 1 aliphatic rings. The number of anilines is 1. The first-order chi connectivity index (χ1) is 20.0. The highest BCUT2D eigenvalue weighted by Crippen LogP contribution is 2.23. The van der Waals surface area contributed by atoms with Crippen molar-refractivity contribution in [2.75, 3.05) is 42.8 Å². The van der Waals surface area contributed by atoms with E-state index in [0.29, 0.717) is 48.9 Å². The van der Waals surface area contributed by atoms with Gasteiger partial charge in [0.25, 0.3) is 11.7 Å². The van der Waals surface area contributed by atoms with E-state index in [4.69, 9.17) is 33.4 Å². The zero-order valence-electron chi connectivity index (χ0n) is 23.5. The molecule has 0 bridgehead atoms. The van der Waals surface area contributed by atoms with Crippen LogP contribution < -0.4 is 38.7 Å². The highest BCUT2D eigenvalue weighted by atomic mass is 35.5. The number of hydrogen-bond acceptors (Lipinski definition) is 4. The van der Waals surface area contributed by atoms with E-state index < -0.39 is 0 Å². The molecule has 1 aromatic heterocycles. The predicted octanol–water partition coefficient (Wildman–Crippen LogP) is 0.0518. The zero-order valence-corrected chi connectivity index (χ0v) is 25.8. The summed E-state index contributed by atoms with van der Waals surface area (Å²) in [6.45, 7) is 2.15. The Morgan fingerprint density at radius 2 is 1.60 bits per heavy atom. The number of nitrogen functional groups attached to an aromatic ring is 1. The number of halogens is 3. The SMILES string of the molecule is NC(=[NH+]C1CC1)c1ccc(-c2ccc(C(=O)NCCNC(=O)CCCc3ccc(N(CCCl)CCCl)cc3)o2)cc1.[Cl-]. The van der Waals surface area contributed by atoms with E-state index in [1.165, 1.54) is 5.56 Å². The normalized spacial score (nSPS) is 12.9. The average Bonchev–Trinajstić information content (AvgIpc) is 3.66. The number of hydrogen-bond donors (Lipinski definition) is 4. The Balaban J connectivity index is 0.00000484. The van der Waals surface area contributed by atoms with Crippen molar-refractivity contribution in [2.45, 2.75) is 38.1 Å². The van der Waals surface area contributed by atoms with E-state index in [9.17, 15) is 9.59 Å². The Morgan fingerprint density at radius 1 is 0.929 bits per heavy atom. The summed E-state index contributed by atoms with van der Waals surface area (Å²) < 4.78 is 5.76. The first-order valence-corrected chi connectivity index (χ1v) is 15.1. The minimum atomic E-state index is -0.326. The highest BCUT2D eigenvalue weighted by Gasteiger charge is 2.24. The summed E-state index contributed by atoms with van der Waals surface area (Å²) in [5.74, 6) is 2.21. The number of nitrogens with zero attached hydrogens (tertiary/aromatic N) is 1. The number of rotatable bonds is 16. The van der Waals surface area contributed by atoms with Gasteiger partial charge in [0.05, 0.1) is 11.6 Å². The number of nitrogens with one attached hydrogen (secondary N) is 3. The summed E-state index contributed by atoms with van der Waals surface area (Å²) in [6, 6.07) is 19.9. The Hall–Kier alpha value is -3.20. The first kappa shape index (κ1) is 33.3. The van der Waals surface area contributed by atoms with Gasteiger partial charge in [-0.05, 0) is 67.6 Å². The molecule has 1 fully saturated rings. The summed E-state index contributed by atoms with van der Waals surface area (Å²) in [7, 11) is 0. The lowest BCUT2D eigenvalue weighted by molar-refractivity contribution is -0.473. The standard InChI is InChI=1S/C31H37Cl2N5O3.ClH/c32-16-20-38(21-17-33)26-12-4-22(5-13-26)2-1-3-29(39)35-18-19-36-31(40)28-15-14-27(41-28)23-6-8-24(9-7-23)30(34)37-25-10-11-25;/h4-9,12-15,25H,1-3,10-11,16-21H2,(H2,34,37)(H,35,39)(H,36,40);1H. The number of alkyl halides is 2. The van der Waals surface area contributed by atoms with Gasteiger partial charge in [0.2, 0.25) is 5.91 Å². The van der Waals surface area contributed by atoms with Crippen LogP contribution in [-0.2, 0) is 11.2 Å². The van der Waals surface area contributed by atoms with Crippen LogP contribution in [0.25, 0.3) is 11.3 Å². The van der Waals surface area contributed by atoms with Crippen molar-refractivity contribution >= 4 is 46.5 Å². The minimum Gasteiger partial charge on any atom is -1.00 e. The van der Waals surface area contributed by atoms with Gasteiger partial charge in [0, 0.05) is 55.6 Å². The van der Waals surface area contributed by atoms with Gasteiger partial charge in [0.15, 0.2) is 5.76 Å². The summed E-state index contributed by atoms with van der Waals surface area (Å²) in [5.41, 5.74) is 10.2. The van der Waals surface area contributed by atoms with E-state index in [-0.39, 0.29) is 30.0 Å². The second-order valence-corrected chi connectivity index (χ2v) is 10.8. The molecule has 1 saturated carbocycles. The molecule has 1 heterocycles. The predicted molar refractivity (Wildman–Crippen MR) is 165 cm³/mol. The van der Waals surface area contributed by atoms with Crippen molar-refractivity contribution in [2.24, 2.45) is 5.73 Å². The van der Waals surface area contributed by atoms with Gasteiger partial charge in [-0.25, -0.2) is 0 Å². The molecule has 3 aromatic rings. The van der Waals surface area contributed by atoms with E-state index in [1.54, 1.807) is 12.1 Å². The molecular formula is C31H38Cl3N5O3. The van der Waals surface area contributed by atoms with Crippen molar-refractivity contribution in [1.29, 1.82) is 0 Å². The number of benzene rings is 2. The second-order valence-electron chi connectivity index (χ2n) is 10.1. The van der Waals surface area contributed by atoms with Crippen LogP contribution in [0, 0.1) is 0 Å². The number of amidine groups is 1. The van der Waals surface area contributed by atoms with Gasteiger partial charge >= 0.3 is 0 Å². The molecule has 8 nitrogen and oxygen atoms in total. The molecule has 0 radical (unpaired) electrons. The average molecular weight is 635 g/mol. The highest BCUT2D eigenvalue weighted by molar-refractivity contribution is 6.18. The number of furan rings is 1. The summed E-state index contributed by atoms with van der Waals surface area (Å²) in [6.07, 6.45) is 4.28. The Labute approximate surface area is 263 Å². The van der Waals surface area contributed by atoms with E-state index >= 15 is 0 Å². The van der Waals surface area contributed by atoms with E-state index in [2.05, 4.69) is 44.8 Å². The third kappa shape index (κ3) is 10.3. The smallest absolute Gasteiger partial charge is 0.287 e. The number of amides is 2. The summed E-state index contributed by atoms with van der Waals surface area (Å²) in [5, 5.41) is 5.64. The van der Waals surface area contributed by atoms with Crippen LogP contribution in [0.4, 0.5) is 5.69 Å². The fourth-order valence-electron chi connectivity index (χ4n) is 4.41. The molecule has 2 amide bonds. The number of aryl methyl sites for hydroxylation is 1. The molecular weight excluding hydrogens is 597 g/mol. The molecule has 226 valence electrons. The van der Waals surface area contributed by atoms with Crippen molar-refractivity contribution in [3.63, 3.8) is 0 Å². The van der Waals surface area contributed by atoms with Gasteiger partial charge in [-0.3, -0.25) is 20.3 Å². The quantitative estimate of drug-likeness (QED) is 0.0770. The Kier molecular flexibility index (Phi) is 13.5. The topological polar surface area (TPSA) is 115 Å². The fourth-order valence-corrected chi connectivity index (χ4v) is 4.82. The first-order valence-electron chi connectivity index (χ1n) is 14.1. The van der Waals surface area contributed by atoms with Gasteiger partial charge in [-0.2, -0.15) is 0 Å². The summed E-state index contributed by atoms with van der Waals surface area (Å²) in [4.78, 5) is 30.2. The third-order valence-electron chi connectivity index (χ3n) is 6.86. The largest absolute Gasteiger partial charge is 1.00 e. The van der Waals surface area contributed by atoms with Gasteiger partial charge in [-0.1, -0.05) is 24.3 Å². The van der Waals surface area contributed by atoms with Crippen molar-refractivity contribution < 1.29 is 31.4 Å². The van der Waals surface area contributed by atoms with Crippen LogP contribution in [0.5, 0.6) is 0 Å². The van der Waals surface area contributed by atoms with Crippen molar-refractivity contribution in [3.05, 3.63) is 77.6 Å². The fraction of sp³-hybridized carbons (Fsp3) is 0.387. The Morgan fingerprint density at radius 3 is 2.24 bits per heavy atom. The van der Waals surface area contributed by atoms with E-state index in [0.717, 1.165) is 55.6 Å². The maximum atomic E-state index is 12.5. The molecule has 0 unspecified atom stereocenters. The molecule has 0 spiro atoms. The lowest BCUT2D eigenvalue weighted by Crippen LogP contribution is -3.00. The molecule has 4 rings (SSSR count). The van der Waals surface area contributed by atoms with Crippen LogP contribution in [0.3, 0.4) is 0 Å². The van der Waals surface area contributed by atoms with Gasteiger partial charge in [0.1, 0.15) is 5.76 Å². The lowest BCUT2D eigenvalue weighted by atomic mass is 10.1. The van der Waals surface area contributed by atoms with Crippen LogP contribution in [-0.4, -0.2) is 61.6 Å². The molecule has 42 heavy (non-hydrogen) atoms. The molecule has 0 saturated heterocycles. The number of nitrogens with two attached hydrogens (primary N) is 1. The van der Waals surface area contributed by atoms with Crippen LogP contribution in [0.1, 0.15) is 47.4 Å². The molecule has 11 heteroatoms. The molecule has 0 atom stereocenters. The molecule has 1 aliphatic carbocycles.